The highest BCUT2D eigenvalue weighted by atomic mass is 32.2. The minimum atomic E-state index is 0.183. The van der Waals surface area contributed by atoms with Gasteiger partial charge in [0.25, 0.3) is 0 Å². The van der Waals surface area contributed by atoms with E-state index in [0.29, 0.717) is 4.08 Å². The molecule has 2 heterocycles. The number of anilines is 1. The van der Waals surface area contributed by atoms with E-state index >= 15 is 0 Å². The van der Waals surface area contributed by atoms with Gasteiger partial charge in [-0.25, -0.2) is 4.98 Å². The predicted molar refractivity (Wildman–Crippen MR) is 101 cm³/mol. The molecule has 1 saturated heterocycles. The van der Waals surface area contributed by atoms with Crippen LogP contribution in [0.15, 0.2) is 0 Å². The lowest BCUT2D eigenvalue weighted by molar-refractivity contribution is -0.122. The average molecular weight is 369 g/mol. The van der Waals surface area contributed by atoms with Crippen LogP contribution in [-0.4, -0.2) is 26.5 Å². The Balaban J connectivity index is 1.47. The van der Waals surface area contributed by atoms with Crippen LogP contribution in [0.25, 0.3) is 0 Å². The predicted octanol–water partition coefficient (Wildman–Crippen LogP) is 4.70. The fraction of sp³-hybridized carbons (Fsp3) is 0.765. The van der Waals surface area contributed by atoms with Crippen molar-refractivity contribution in [3.05, 3.63) is 10.6 Å². The van der Waals surface area contributed by atoms with Crippen molar-refractivity contribution in [1.29, 1.82) is 0 Å². The molecule has 1 amide bonds. The number of nitrogens with one attached hydrogen (secondary N) is 1. The standard InChI is InChI=1S/C17H24N2OS3/c1-10-11(2)23-16(18-10)19-15(20)12-8-13-4-3-5-14(9-12)17(13)21-6-7-22-17/h12-14H,3-9H2,1-2H3,(H,18,19,20). The first-order valence-electron chi connectivity index (χ1n) is 8.61. The lowest BCUT2D eigenvalue weighted by Crippen LogP contribution is -2.48. The number of nitrogens with zero attached hydrogens (tertiary/aromatic N) is 1. The number of carbonyl (C=O) groups excluding carboxylic acids is 1. The molecule has 2 saturated carbocycles. The first-order valence-corrected chi connectivity index (χ1v) is 11.4. The monoisotopic (exact) mass is 368 g/mol. The Labute approximate surface area is 150 Å². The molecule has 3 aliphatic rings. The SMILES string of the molecule is Cc1nc(NC(=O)C2CC3CCCC(C2)C32SCCS2)sc1C. The topological polar surface area (TPSA) is 42.0 Å². The maximum Gasteiger partial charge on any atom is 0.229 e. The van der Waals surface area contributed by atoms with Crippen LogP contribution in [0.5, 0.6) is 0 Å². The summed E-state index contributed by atoms with van der Waals surface area (Å²) in [4.78, 5) is 18.4. The molecule has 0 aromatic carbocycles. The molecule has 4 rings (SSSR count). The Morgan fingerprint density at radius 2 is 1.83 bits per heavy atom. The minimum absolute atomic E-state index is 0.183. The summed E-state index contributed by atoms with van der Waals surface area (Å²) in [5.41, 5.74) is 1.03. The van der Waals surface area contributed by atoms with E-state index < -0.39 is 0 Å². The maximum absolute atomic E-state index is 12.8. The van der Waals surface area contributed by atoms with Crippen molar-refractivity contribution in [3.63, 3.8) is 0 Å². The molecule has 2 unspecified atom stereocenters. The van der Waals surface area contributed by atoms with Gasteiger partial charge in [-0.2, -0.15) is 0 Å². The van der Waals surface area contributed by atoms with Crippen LogP contribution in [-0.2, 0) is 4.79 Å². The highest BCUT2D eigenvalue weighted by Gasteiger charge is 2.55. The van der Waals surface area contributed by atoms with Gasteiger partial charge in [-0.1, -0.05) is 6.42 Å². The van der Waals surface area contributed by atoms with E-state index in [1.54, 1.807) is 11.3 Å². The summed E-state index contributed by atoms with van der Waals surface area (Å²) < 4.78 is 0.448. The molecule has 1 aliphatic heterocycles. The van der Waals surface area contributed by atoms with Crippen LogP contribution in [0, 0.1) is 31.6 Å². The van der Waals surface area contributed by atoms with Crippen molar-refractivity contribution in [1.82, 2.24) is 4.98 Å². The third-order valence-electron chi connectivity index (χ3n) is 5.75. The number of thiazole rings is 1. The fourth-order valence-corrected chi connectivity index (χ4v) is 9.31. The van der Waals surface area contributed by atoms with E-state index in [1.807, 2.05) is 6.92 Å². The van der Waals surface area contributed by atoms with Gasteiger partial charge in [0.1, 0.15) is 0 Å². The molecule has 3 nitrogen and oxygen atoms in total. The number of amides is 1. The van der Waals surface area contributed by atoms with Crippen LogP contribution >= 0.6 is 34.9 Å². The molecule has 2 aliphatic carbocycles. The summed E-state index contributed by atoms with van der Waals surface area (Å²) in [6.07, 6.45) is 6.14. The summed E-state index contributed by atoms with van der Waals surface area (Å²) >= 11 is 6.00. The van der Waals surface area contributed by atoms with Gasteiger partial charge in [-0.05, 0) is 51.4 Å². The molecule has 6 heteroatoms. The van der Waals surface area contributed by atoms with Crippen LogP contribution in [0.4, 0.5) is 5.13 Å². The molecule has 1 N–H and O–H groups in total. The van der Waals surface area contributed by atoms with E-state index in [1.165, 1.54) is 35.6 Å². The molecule has 0 radical (unpaired) electrons. The summed E-state index contributed by atoms with van der Waals surface area (Å²) in [5, 5.41) is 3.87. The Morgan fingerprint density at radius 3 is 2.39 bits per heavy atom. The summed E-state index contributed by atoms with van der Waals surface area (Å²) in [6, 6.07) is 0. The van der Waals surface area contributed by atoms with Crippen LogP contribution in [0.2, 0.25) is 0 Å². The van der Waals surface area contributed by atoms with Crippen LogP contribution < -0.4 is 5.32 Å². The number of carbonyl (C=O) groups is 1. The van der Waals surface area contributed by atoms with Gasteiger partial charge in [-0.3, -0.25) is 4.79 Å². The van der Waals surface area contributed by atoms with Crippen molar-refractivity contribution in [2.75, 3.05) is 16.8 Å². The summed E-state index contributed by atoms with van der Waals surface area (Å²) in [5.74, 6) is 4.44. The molecule has 23 heavy (non-hydrogen) atoms. The fourth-order valence-electron chi connectivity index (χ4n) is 4.56. The Hall–Kier alpha value is -0.200. The van der Waals surface area contributed by atoms with Gasteiger partial charge in [0.2, 0.25) is 5.91 Å². The normalized spacial score (nSPS) is 32.2. The van der Waals surface area contributed by atoms with Crippen molar-refractivity contribution >= 4 is 45.9 Å². The smallest absolute Gasteiger partial charge is 0.229 e. The van der Waals surface area contributed by atoms with Gasteiger partial charge in [0.05, 0.1) is 9.77 Å². The highest BCUT2D eigenvalue weighted by Crippen LogP contribution is 2.64. The van der Waals surface area contributed by atoms with Crippen molar-refractivity contribution in [2.45, 2.75) is 50.0 Å². The number of hydrogen-bond acceptors (Lipinski definition) is 5. The van der Waals surface area contributed by atoms with Crippen molar-refractivity contribution < 1.29 is 4.79 Å². The zero-order valence-corrected chi connectivity index (χ0v) is 16.2. The van der Waals surface area contributed by atoms with Crippen LogP contribution in [0.3, 0.4) is 0 Å². The maximum atomic E-state index is 12.8. The largest absolute Gasteiger partial charge is 0.302 e. The zero-order chi connectivity index (χ0) is 16.0. The third kappa shape index (κ3) is 2.85. The van der Waals surface area contributed by atoms with Crippen LogP contribution in [0.1, 0.15) is 42.7 Å². The molecular formula is C17H24N2OS3. The molecule has 3 fully saturated rings. The Bertz CT molecular complexity index is 573. The number of aryl methyl sites for hydroxylation is 2. The first-order chi connectivity index (χ1) is 11.1. The number of rotatable bonds is 2. The van der Waals surface area contributed by atoms with Gasteiger partial charge in [0, 0.05) is 22.3 Å². The molecule has 126 valence electrons. The van der Waals surface area contributed by atoms with Crippen molar-refractivity contribution in [2.24, 2.45) is 17.8 Å². The van der Waals surface area contributed by atoms with E-state index in [-0.39, 0.29) is 11.8 Å². The second-order valence-electron chi connectivity index (χ2n) is 7.06. The highest BCUT2D eigenvalue weighted by molar-refractivity contribution is 8.21. The lowest BCUT2D eigenvalue weighted by atomic mass is 9.67. The van der Waals surface area contributed by atoms with E-state index in [0.717, 1.165) is 35.5 Å². The molecule has 2 bridgehead atoms. The lowest BCUT2D eigenvalue weighted by Gasteiger charge is -2.51. The number of thioether (sulfide) groups is 2. The molecular weight excluding hydrogens is 344 g/mol. The number of aromatic nitrogens is 1. The van der Waals surface area contributed by atoms with Gasteiger partial charge < -0.3 is 5.32 Å². The quantitative estimate of drug-likeness (QED) is 0.821. The van der Waals surface area contributed by atoms with Gasteiger partial charge in [-0.15, -0.1) is 34.9 Å². The number of hydrogen-bond donors (Lipinski definition) is 1. The molecule has 1 spiro atoms. The summed E-state index contributed by atoms with van der Waals surface area (Å²) in [7, 11) is 0. The average Bonchev–Trinajstić information content (AvgIpc) is 3.07. The third-order valence-corrected chi connectivity index (χ3v) is 10.8. The molecule has 1 aromatic rings. The van der Waals surface area contributed by atoms with E-state index in [2.05, 4.69) is 40.7 Å². The van der Waals surface area contributed by atoms with E-state index in [4.69, 9.17) is 0 Å². The summed E-state index contributed by atoms with van der Waals surface area (Å²) in [6.45, 7) is 4.07. The van der Waals surface area contributed by atoms with E-state index in [9.17, 15) is 4.79 Å². The molecule has 1 aromatic heterocycles. The Morgan fingerprint density at radius 1 is 1.17 bits per heavy atom. The van der Waals surface area contributed by atoms with Crippen molar-refractivity contribution in [3.8, 4) is 0 Å². The first kappa shape index (κ1) is 16.3. The van der Waals surface area contributed by atoms with Gasteiger partial charge in [0.15, 0.2) is 5.13 Å². The minimum Gasteiger partial charge on any atom is -0.302 e. The second kappa shape index (κ2) is 6.26. The zero-order valence-electron chi connectivity index (χ0n) is 13.8. The second-order valence-corrected chi connectivity index (χ2v) is 11.3. The molecule has 2 atom stereocenters. The van der Waals surface area contributed by atoms with Gasteiger partial charge >= 0.3 is 0 Å². The Kier molecular flexibility index (Phi) is 4.43.